The molecule has 5 nitrogen and oxygen atoms in total. The third-order valence-electron chi connectivity index (χ3n) is 2.36. The van der Waals surface area contributed by atoms with Gasteiger partial charge in [-0.2, -0.15) is 0 Å². The number of nitrogens with zero attached hydrogens (tertiary/aromatic N) is 1. The van der Waals surface area contributed by atoms with Gasteiger partial charge in [-0.25, -0.2) is 8.42 Å². The second-order valence-electron chi connectivity index (χ2n) is 3.97. The van der Waals surface area contributed by atoms with E-state index in [4.69, 9.17) is 5.73 Å². The molecule has 0 saturated carbocycles. The van der Waals surface area contributed by atoms with Crippen molar-refractivity contribution in [3.8, 4) is 0 Å². The topological polar surface area (TPSA) is 84.5 Å². The monoisotopic (exact) mass is 347 g/mol. The minimum Gasteiger partial charge on any atom is -0.370 e. The fourth-order valence-electron chi connectivity index (χ4n) is 1.36. The SMILES string of the molecule is CCCN=C(N)NCCS(=O)(=O)c1ccc(Br)cc1. The van der Waals surface area contributed by atoms with Gasteiger partial charge in [-0.3, -0.25) is 4.99 Å². The number of benzene rings is 1. The highest BCUT2D eigenvalue weighted by Gasteiger charge is 2.13. The van der Waals surface area contributed by atoms with E-state index in [9.17, 15) is 8.42 Å². The third-order valence-corrected chi connectivity index (χ3v) is 4.62. The fourth-order valence-corrected chi connectivity index (χ4v) is 2.78. The van der Waals surface area contributed by atoms with Gasteiger partial charge in [0.05, 0.1) is 10.6 Å². The lowest BCUT2D eigenvalue weighted by molar-refractivity contribution is 0.594. The first-order valence-electron chi connectivity index (χ1n) is 5.98. The summed E-state index contributed by atoms with van der Waals surface area (Å²) < 4.78 is 24.9. The lowest BCUT2D eigenvalue weighted by Gasteiger charge is -2.07. The van der Waals surface area contributed by atoms with Crippen LogP contribution >= 0.6 is 15.9 Å². The van der Waals surface area contributed by atoms with E-state index in [0.29, 0.717) is 11.4 Å². The van der Waals surface area contributed by atoms with Crippen molar-refractivity contribution in [1.82, 2.24) is 5.32 Å². The Hall–Kier alpha value is -1.08. The predicted molar refractivity (Wildman–Crippen MR) is 81.0 cm³/mol. The summed E-state index contributed by atoms with van der Waals surface area (Å²) in [6, 6.07) is 6.57. The molecule has 3 N–H and O–H groups in total. The number of nitrogens with one attached hydrogen (secondary N) is 1. The van der Waals surface area contributed by atoms with Crippen molar-refractivity contribution in [2.45, 2.75) is 18.2 Å². The zero-order chi connectivity index (χ0) is 14.3. The van der Waals surface area contributed by atoms with E-state index < -0.39 is 9.84 Å². The molecule has 0 aliphatic carbocycles. The average Bonchev–Trinajstić information content (AvgIpc) is 2.36. The molecule has 0 radical (unpaired) electrons. The van der Waals surface area contributed by atoms with Gasteiger partial charge in [0.1, 0.15) is 0 Å². The number of hydrogen-bond donors (Lipinski definition) is 2. The van der Waals surface area contributed by atoms with Gasteiger partial charge < -0.3 is 11.1 Å². The molecule has 0 aromatic heterocycles. The molecule has 0 saturated heterocycles. The minimum absolute atomic E-state index is 0.0169. The molecule has 0 unspecified atom stereocenters. The molecule has 0 aliphatic rings. The molecule has 0 aliphatic heterocycles. The van der Waals surface area contributed by atoms with Crippen LogP contribution in [-0.2, 0) is 9.84 Å². The van der Waals surface area contributed by atoms with E-state index in [2.05, 4.69) is 26.2 Å². The maximum atomic E-state index is 12.0. The number of rotatable bonds is 6. The van der Waals surface area contributed by atoms with Crippen LogP contribution in [0.2, 0.25) is 0 Å². The molecule has 1 aromatic carbocycles. The lowest BCUT2D eigenvalue weighted by atomic mass is 10.4. The van der Waals surface area contributed by atoms with Crippen LogP contribution in [0.1, 0.15) is 13.3 Å². The number of hydrogen-bond acceptors (Lipinski definition) is 3. The Labute approximate surface area is 122 Å². The number of sulfone groups is 1. The third kappa shape index (κ3) is 5.61. The highest BCUT2D eigenvalue weighted by molar-refractivity contribution is 9.10. The smallest absolute Gasteiger partial charge is 0.188 e. The van der Waals surface area contributed by atoms with Gasteiger partial charge in [0.15, 0.2) is 15.8 Å². The van der Waals surface area contributed by atoms with Crippen molar-refractivity contribution in [2.75, 3.05) is 18.8 Å². The van der Waals surface area contributed by atoms with Gasteiger partial charge >= 0.3 is 0 Å². The highest BCUT2D eigenvalue weighted by Crippen LogP contribution is 2.15. The molecule has 19 heavy (non-hydrogen) atoms. The van der Waals surface area contributed by atoms with E-state index in [-0.39, 0.29) is 18.3 Å². The standard InChI is InChI=1S/C12H18BrN3O2S/c1-2-7-15-12(14)16-8-9-19(17,18)11-5-3-10(13)4-6-11/h3-6H,2,7-9H2,1H3,(H3,14,15,16). The van der Waals surface area contributed by atoms with Crippen LogP contribution < -0.4 is 11.1 Å². The molecular weight excluding hydrogens is 330 g/mol. The number of guanidine groups is 1. The molecule has 0 atom stereocenters. The lowest BCUT2D eigenvalue weighted by Crippen LogP contribution is -2.35. The maximum absolute atomic E-state index is 12.0. The Kier molecular flexibility index (Phi) is 6.30. The molecule has 0 amide bonds. The van der Waals surface area contributed by atoms with Crippen LogP contribution in [0.4, 0.5) is 0 Å². The van der Waals surface area contributed by atoms with Gasteiger partial charge in [-0.1, -0.05) is 22.9 Å². The summed E-state index contributed by atoms with van der Waals surface area (Å²) in [5.74, 6) is 0.268. The summed E-state index contributed by atoms with van der Waals surface area (Å²) in [6.45, 7) is 2.88. The van der Waals surface area contributed by atoms with Crippen LogP contribution in [0.3, 0.4) is 0 Å². The van der Waals surface area contributed by atoms with Crippen molar-refractivity contribution >= 4 is 31.7 Å². The molecule has 1 rings (SSSR count). The predicted octanol–water partition coefficient (Wildman–Crippen LogP) is 1.54. The van der Waals surface area contributed by atoms with Crippen molar-refractivity contribution < 1.29 is 8.42 Å². The van der Waals surface area contributed by atoms with Crippen molar-refractivity contribution in [3.63, 3.8) is 0 Å². The quantitative estimate of drug-likeness (QED) is 0.603. The normalized spacial score (nSPS) is 12.4. The second-order valence-corrected chi connectivity index (χ2v) is 6.99. The van der Waals surface area contributed by atoms with Gasteiger partial charge in [0.25, 0.3) is 0 Å². The molecule has 7 heteroatoms. The maximum Gasteiger partial charge on any atom is 0.188 e. The summed E-state index contributed by atoms with van der Waals surface area (Å²) in [5.41, 5.74) is 5.59. The first-order chi connectivity index (χ1) is 8.95. The van der Waals surface area contributed by atoms with Crippen LogP contribution in [0.15, 0.2) is 38.6 Å². The first kappa shape index (κ1) is 16.0. The van der Waals surface area contributed by atoms with E-state index in [1.54, 1.807) is 24.3 Å². The van der Waals surface area contributed by atoms with Crippen molar-refractivity contribution in [1.29, 1.82) is 0 Å². The molecule has 106 valence electrons. The molecule has 0 heterocycles. The van der Waals surface area contributed by atoms with Crippen molar-refractivity contribution in [2.24, 2.45) is 10.7 Å². The van der Waals surface area contributed by atoms with Gasteiger partial charge in [-0.05, 0) is 30.7 Å². The van der Waals surface area contributed by atoms with Gasteiger partial charge in [-0.15, -0.1) is 0 Å². The summed E-state index contributed by atoms with van der Waals surface area (Å²) in [6.07, 6.45) is 0.902. The molecule has 0 spiro atoms. The number of halogens is 1. The fraction of sp³-hybridized carbons (Fsp3) is 0.417. The van der Waals surface area contributed by atoms with Gasteiger partial charge in [0, 0.05) is 17.6 Å². The van der Waals surface area contributed by atoms with E-state index in [0.717, 1.165) is 10.9 Å². The van der Waals surface area contributed by atoms with E-state index >= 15 is 0 Å². The van der Waals surface area contributed by atoms with Crippen molar-refractivity contribution in [3.05, 3.63) is 28.7 Å². The van der Waals surface area contributed by atoms with Crippen LogP contribution in [-0.4, -0.2) is 33.2 Å². The van der Waals surface area contributed by atoms with Gasteiger partial charge in [0.2, 0.25) is 0 Å². The number of aliphatic imine (C=N–C) groups is 1. The molecular formula is C12H18BrN3O2S. The molecule has 0 fully saturated rings. The Morgan fingerprint density at radius 1 is 1.37 bits per heavy atom. The van der Waals surface area contributed by atoms with Crippen LogP contribution in [0.25, 0.3) is 0 Å². The zero-order valence-corrected chi connectivity index (χ0v) is 13.2. The Morgan fingerprint density at radius 3 is 2.58 bits per heavy atom. The highest BCUT2D eigenvalue weighted by atomic mass is 79.9. The number of nitrogens with two attached hydrogens (primary N) is 1. The summed E-state index contributed by atoms with van der Waals surface area (Å²) in [7, 11) is -3.29. The average molecular weight is 348 g/mol. The first-order valence-corrected chi connectivity index (χ1v) is 8.42. The zero-order valence-electron chi connectivity index (χ0n) is 10.8. The second kappa shape index (κ2) is 7.49. The Bertz CT molecular complexity index is 526. The largest absolute Gasteiger partial charge is 0.370 e. The Balaban J connectivity index is 2.54. The van der Waals surface area contributed by atoms with E-state index in [1.165, 1.54) is 0 Å². The Morgan fingerprint density at radius 2 is 2.00 bits per heavy atom. The van der Waals surface area contributed by atoms with E-state index in [1.807, 2.05) is 6.92 Å². The summed E-state index contributed by atoms with van der Waals surface area (Å²) in [4.78, 5) is 4.34. The summed E-state index contributed by atoms with van der Waals surface area (Å²) >= 11 is 3.27. The summed E-state index contributed by atoms with van der Waals surface area (Å²) in [5, 5.41) is 2.79. The van der Waals surface area contributed by atoms with Crippen LogP contribution in [0, 0.1) is 0 Å². The minimum atomic E-state index is -3.29. The van der Waals surface area contributed by atoms with Crippen LogP contribution in [0.5, 0.6) is 0 Å². The molecule has 0 bridgehead atoms. The molecule has 1 aromatic rings.